The van der Waals surface area contributed by atoms with Crippen molar-refractivity contribution in [3.8, 4) is 0 Å². The molecule has 6 heteroatoms. The fraction of sp³-hybridized carbons (Fsp3) is 0.214. The van der Waals surface area contributed by atoms with Gasteiger partial charge in [-0.3, -0.25) is 4.79 Å². The lowest BCUT2D eigenvalue weighted by atomic mass is 10.1. The smallest absolute Gasteiger partial charge is 0.421 e. The quantitative estimate of drug-likeness (QED) is 0.875. The summed E-state index contributed by atoms with van der Waals surface area (Å²) in [5, 5.41) is 0.273. The van der Waals surface area contributed by atoms with Gasteiger partial charge in [0.15, 0.2) is 0 Å². The number of fused-ring (bicyclic) bond motifs is 1. The van der Waals surface area contributed by atoms with Crippen molar-refractivity contribution in [2.45, 2.75) is 13.1 Å². The van der Waals surface area contributed by atoms with Gasteiger partial charge >= 0.3 is 6.18 Å². The second-order valence-electron chi connectivity index (χ2n) is 4.17. The van der Waals surface area contributed by atoms with Gasteiger partial charge in [-0.1, -0.05) is 6.58 Å². The van der Waals surface area contributed by atoms with E-state index in [0.717, 1.165) is 6.07 Å². The molecule has 1 N–H and O–H groups in total. The number of nitrogens with one attached hydrogen (secondary N) is 1. The van der Waals surface area contributed by atoms with Crippen molar-refractivity contribution in [1.29, 1.82) is 0 Å². The van der Waals surface area contributed by atoms with E-state index < -0.39 is 17.3 Å². The van der Waals surface area contributed by atoms with E-state index in [0.29, 0.717) is 23.4 Å². The van der Waals surface area contributed by atoms with Crippen LogP contribution >= 0.6 is 0 Å². The van der Waals surface area contributed by atoms with Gasteiger partial charge in [0.05, 0.1) is 6.61 Å². The van der Waals surface area contributed by atoms with E-state index in [1.54, 1.807) is 13.0 Å². The van der Waals surface area contributed by atoms with E-state index in [-0.39, 0.29) is 5.39 Å². The average molecular weight is 283 g/mol. The first-order valence-corrected chi connectivity index (χ1v) is 5.89. The van der Waals surface area contributed by atoms with E-state index in [1.807, 2.05) is 0 Å². The molecule has 0 saturated heterocycles. The normalized spacial score (nSPS) is 11.6. The molecule has 0 fully saturated rings. The number of hydrogen-bond acceptors (Lipinski definition) is 2. The SMILES string of the molecule is C=C(OCC)c1ccc2[nH]c(=O)c(C(F)(F)F)cc2c1. The predicted molar refractivity (Wildman–Crippen MR) is 70.2 cm³/mol. The van der Waals surface area contributed by atoms with Crippen LogP contribution in [0, 0.1) is 0 Å². The zero-order valence-electron chi connectivity index (χ0n) is 10.7. The van der Waals surface area contributed by atoms with Gasteiger partial charge < -0.3 is 9.72 Å². The van der Waals surface area contributed by atoms with Crippen LogP contribution in [0.4, 0.5) is 13.2 Å². The second kappa shape index (κ2) is 5.03. The van der Waals surface area contributed by atoms with Crippen molar-refractivity contribution in [3.05, 3.63) is 52.3 Å². The summed E-state index contributed by atoms with van der Waals surface area (Å²) in [6, 6.07) is 5.48. The van der Waals surface area contributed by atoms with Crippen molar-refractivity contribution in [2.24, 2.45) is 0 Å². The van der Waals surface area contributed by atoms with Crippen LogP contribution < -0.4 is 5.56 Å². The van der Waals surface area contributed by atoms with Crippen molar-refractivity contribution >= 4 is 16.7 Å². The van der Waals surface area contributed by atoms with Gasteiger partial charge in [-0.05, 0) is 36.6 Å². The fourth-order valence-electron chi connectivity index (χ4n) is 1.85. The van der Waals surface area contributed by atoms with E-state index in [1.165, 1.54) is 12.1 Å². The number of H-pyrrole nitrogens is 1. The molecule has 1 aromatic carbocycles. The molecule has 0 radical (unpaired) electrons. The molecule has 2 aromatic rings. The van der Waals surface area contributed by atoms with E-state index in [4.69, 9.17) is 4.74 Å². The van der Waals surface area contributed by atoms with Crippen LogP contribution in [-0.2, 0) is 10.9 Å². The lowest BCUT2D eigenvalue weighted by Gasteiger charge is -2.10. The first-order valence-electron chi connectivity index (χ1n) is 5.89. The highest BCUT2D eigenvalue weighted by atomic mass is 19.4. The Bertz CT molecular complexity index is 716. The van der Waals surface area contributed by atoms with Crippen LogP contribution in [0.25, 0.3) is 16.7 Å². The summed E-state index contributed by atoms with van der Waals surface area (Å²) >= 11 is 0. The Balaban J connectivity index is 2.59. The van der Waals surface area contributed by atoms with Crippen LogP contribution in [0.3, 0.4) is 0 Å². The highest BCUT2D eigenvalue weighted by Crippen LogP contribution is 2.28. The minimum atomic E-state index is -4.69. The van der Waals surface area contributed by atoms with Crippen LogP contribution in [0.15, 0.2) is 35.6 Å². The number of alkyl halides is 3. The van der Waals surface area contributed by atoms with Crippen LogP contribution in [0.1, 0.15) is 18.1 Å². The molecule has 0 bridgehead atoms. The molecule has 20 heavy (non-hydrogen) atoms. The number of aromatic amines is 1. The zero-order chi connectivity index (χ0) is 14.9. The molecule has 0 unspecified atom stereocenters. The van der Waals surface area contributed by atoms with Crippen molar-refractivity contribution in [3.63, 3.8) is 0 Å². The Labute approximate surface area is 112 Å². The standard InChI is InChI=1S/C14H12F3NO2/c1-3-20-8(2)9-4-5-12-10(6-9)7-11(13(19)18-12)14(15,16)17/h4-7H,2-3H2,1H3,(H,18,19). The van der Waals surface area contributed by atoms with Crippen molar-refractivity contribution in [2.75, 3.05) is 6.61 Å². The number of halogens is 3. The molecule has 0 aliphatic rings. The van der Waals surface area contributed by atoms with Crippen LogP contribution in [0.5, 0.6) is 0 Å². The molecule has 3 nitrogen and oxygen atoms in total. The van der Waals surface area contributed by atoms with E-state index >= 15 is 0 Å². The number of aromatic nitrogens is 1. The summed E-state index contributed by atoms with van der Waals surface area (Å²) < 4.78 is 43.3. The van der Waals surface area contributed by atoms with Gasteiger partial charge in [-0.25, -0.2) is 0 Å². The molecule has 0 saturated carbocycles. The summed E-state index contributed by atoms with van der Waals surface area (Å²) in [6.45, 7) is 5.89. The Morgan fingerprint density at radius 1 is 1.35 bits per heavy atom. The third-order valence-electron chi connectivity index (χ3n) is 2.79. The average Bonchev–Trinajstić information content (AvgIpc) is 2.36. The molecule has 1 aromatic heterocycles. The van der Waals surface area contributed by atoms with Gasteiger partial charge in [0.2, 0.25) is 0 Å². The Kier molecular flexibility index (Phi) is 3.57. The number of rotatable bonds is 3. The second-order valence-corrected chi connectivity index (χ2v) is 4.17. The summed E-state index contributed by atoms with van der Waals surface area (Å²) in [6.07, 6.45) is -4.69. The van der Waals surface area contributed by atoms with Crippen LogP contribution in [0.2, 0.25) is 0 Å². The predicted octanol–water partition coefficient (Wildman–Crippen LogP) is 3.55. The number of hydrogen-bond donors (Lipinski definition) is 1. The van der Waals surface area contributed by atoms with Gasteiger partial charge in [-0.2, -0.15) is 13.2 Å². The minimum absolute atomic E-state index is 0.273. The summed E-state index contributed by atoms with van der Waals surface area (Å²) in [5.74, 6) is 0.370. The fourth-order valence-corrected chi connectivity index (χ4v) is 1.85. The topological polar surface area (TPSA) is 42.1 Å². The van der Waals surface area contributed by atoms with E-state index in [9.17, 15) is 18.0 Å². The number of ether oxygens (including phenoxy) is 1. The molecule has 0 aliphatic heterocycles. The minimum Gasteiger partial charge on any atom is -0.494 e. The summed E-state index contributed by atoms with van der Waals surface area (Å²) in [7, 11) is 0. The molecule has 0 amide bonds. The first kappa shape index (κ1) is 14.2. The maximum atomic E-state index is 12.7. The molecular weight excluding hydrogens is 271 g/mol. The lowest BCUT2D eigenvalue weighted by molar-refractivity contribution is -0.138. The Morgan fingerprint density at radius 3 is 2.65 bits per heavy atom. The largest absolute Gasteiger partial charge is 0.494 e. The van der Waals surface area contributed by atoms with Gasteiger partial charge in [-0.15, -0.1) is 0 Å². The van der Waals surface area contributed by atoms with Crippen molar-refractivity contribution < 1.29 is 17.9 Å². The number of benzene rings is 1. The Hall–Kier alpha value is -2.24. The molecule has 106 valence electrons. The zero-order valence-corrected chi connectivity index (χ0v) is 10.7. The highest BCUT2D eigenvalue weighted by molar-refractivity contribution is 5.82. The van der Waals surface area contributed by atoms with Gasteiger partial charge in [0, 0.05) is 11.1 Å². The van der Waals surface area contributed by atoms with Crippen LogP contribution in [-0.4, -0.2) is 11.6 Å². The highest BCUT2D eigenvalue weighted by Gasteiger charge is 2.34. The molecule has 0 atom stereocenters. The molecule has 2 rings (SSSR count). The number of pyridine rings is 1. The van der Waals surface area contributed by atoms with Gasteiger partial charge in [0.25, 0.3) is 5.56 Å². The molecular formula is C14H12F3NO2. The lowest BCUT2D eigenvalue weighted by Crippen LogP contribution is -2.21. The van der Waals surface area contributed by atoms with E-state index in [2.05, 4.69) is 11.6 Å². The molecule has 0 aliphatic carbocycles. The third kappa shape index (κ3) is 2.68. The molecule has 0 spiro atoms. The maximum Gasteiger partial charge on any atom is 0.421 e. The first-order chi connectivity index (χ1) is 9.32. The maximum absolute atomic E-state index is 12.7. The summed E-state index contributed by atoms with van der Waals surface area (Å²) in [5.41, 5.74) is -1.47. The van der Waals surface area contributed by atoms with Crippen molar-refractivity contribution in [1.82, 2.24) is 4.98 Å². The summed E-state index contributed by atoms with van der Waals surface area (Å²) in [4.78, 5) is 13.6. The Morgan fingerprint density at radius 2 is 2.05 bits per heavy atom. The third-order valence-corrected chi connectivity index (χ3v) is 2.79. The monoisotopic (exact) mass is 283 g/mol. The molecule has 1 heterocycles. The van der Waals surface area contributed by atoms with Gasteiger partial charge in [0.1, 0.15) is 11.3 Å².